The van der Waals surface area contributed by atoms with Crippen LogP contribution < -0.4 is 0 Å². The highest BCUT2D eigenvalue weighted by Gasteiger charge is 2.25. The van der Waals surface area contributed by atoms with Crippen molar-refractivity contribution in [1.29, 1.82) is 0 Å². The van der Waals surface area contributed by atoms with Gasteiger partial charge < -0.3 is 4.42 Å². The number of thioether (sulfide) groups is 1. The third-order valence-electron chi connectivity index (χ3n) is 4.46. The summed E-state index contributed by atoms with van der Waals surface area (Å²) in [6.07, 6.45) is 1.72. The Bertz CT molecular complexity index is 1130. The number of furan rings is 1. The number of carbonyl (C=O) groups is 1. The molecule has 6 heteroatoms. The maximum Gasteiger partial charge on any atom is 0.273 e. The second kappa shape index (κ2) is 6.55. The van der Waals surface area contributed by atoms with Gasteiger partial charge in [-0.2, -0.15) is 0 Å². The average Bonchev–Trinajstić information content (AvgIpc) is 3.22. The van der Waals surface area contributed by atoms with Crippen LogP contribution in [0.1, 0.15) is 27.2 Å². The molecule has 0 unspecified atom stereocenters. The number of ketones is 1. The van der Waals surface area contributed by atoms with Gasteiger partial charge in [-0.25, -0.2) is 0 Å². The number of nitro groups is 1. The molecule has 0 spiro atoms. The van der Waals surface area contributed by atoms with E-state index in [1.54, 1.807) is 31.2 Å². The summed E-state index contributed by atoms with van der Waals surface area (Å²) in [5.41, 5.74) is 2.79. The monoisotopic (exact) mass is 377 g/mol. The summed E-state index contributed by atoms with van der Waals surface area (Å²) in [6.45, 7) is 3.52. The molecule has 1 aliphatic rings. The van der Waals surface area contributed by atoms with E-state index in [1.807, 2.05) is 37.3 Å². The lowest BCUT2D eigenvalue weighted by molar-refractivity contribution is -0.385. The van der Waals surface area contributed by atoms with E-state index in [4.69, 9.17) is 4.42 Å². The predicted molar refractivity (Wildman–Crippen MR) is 105 cm³/mol. The van der Waals surface area contributed by atoms with E-state index in [2.05, 4.69) is 0 Å². The molecule has 0 aliphatic carbocycles. The number of hydrogen-bond donors (Lipinski definition) is 0. The van der Waals surface area contributed by atoms with Crippen molar-refractivity contribution in [1.82, 2.24) is 0 Å². The molecule has 0 amide bonds. The fourth-order valence-electron chi connectivity index (χ4n) is 3.13. The van der Waals surface area contributed by atoms with Crippen LogP contribution in [0.4, 0.5) is 5.69 Å². The van der Waals surface area contributed by atoms with Gasteiger partial charge in [0.1, 0.15) is 11.5 Å². The lowest BCUT2D eigenvalue weighted by Gasteiger charge is -2.05. The molecule has 0 saturated heterocycles. The predicted octanol–water partition coefficient (Wildman–Crippen LogP) is 5.80. The highest BCUT2D eigenvalue weighted by atomic mass is 32.2. The maximum absolute atomic E-state index is 12.5. The van der Waals surface area contributed by atoms with Crippen LogP contribution in [0.5, 0.6) is 0 Å². The normalized spacial score (nSPS) is 14.6. The number of nitro benzene ring substituents is 1. The Morgan fingerprint density at radius 3 is 2.59 bits per heavy atom. The van der Waals surface area contributed by atoms with Crippen molar-refractivity contribution in [3.63, 3.8) is 0 Å². The molecule has 0 fully saturated rings. The topological polar surface area (TPSA) is 73.3 Å². The third kappa shape index (κ3) is 3.08. The Morgan fingerprint density at radius 1 is 1.07 bits per heavy atom. The smallest absolute Gasteiger partial charge is 0.273 e. The lowest BCUT2D eigenvalue weighted by atomic mass is 10.0. The first kappa shape index (κ1) is 17.3. The number of Topliss-reactive ketones (excluding diaryl/α,β-unsaturated/α-hetero) is 1. The summed E-state index contributed by atoms with van der Waals surface area (Å²) >= 11 is 1.42. The summed E-state index contributed by atoms with van der Waals surface area (Å²) in [4.78, 5) is 24.9. The molecule has 0 N–H and O–H groups in total. The molecule has 0 radical (unpaired) electrons. The first-order valence-corrected chi connectivity index (χ1v) is 9.15. The Morgan fingerprint density at radius 2 is 1.85 bits per heavy atom. The zero-order chi connectivity index (χ0) is 19.1. The number of aryl methyl sites for hydroxylation is 1. The zero-order valence-electron chi connectivity index (χ0n) is 14.7. The number of benzene rings is 2. The van der Waals surface area contributed by atoms with Crippen LogP contribution in [0.25, 0.3) is 17.4 Å². The lowest BCUT2D eigenvalue weighted by Crippen LogP contribution is -1.95. The zero-order valence-corrected chi connectivity index (χ0v) is 15.5. The maximum atomic E-state index is 12.5. The van der Waals surface area contributed by atoms with E-state index in [1.165, 1.54) is 11.8 Å². The second-order valence-corrected chi connectivity index (χ2v) is 7.44. The molecule has 2 heterocycles. The van der Waals surface area contributed by atoms with Crippen LogP contribution in [0.15, 0.2) is 62.7 Å². The van der Waals surface area contributed by atoms with Crippen molar-refractivity contribution in [2.75, 3.05) is 0 Å². The Hall–Kier alpha value is -3.12. The number of rotatable bonds is 3. The number of nitrogens with zero attached hydrogens (tertiary/aromatic N) is 1. The third-order valence-corrected chi connectivity index (χ3v) is 5.56. The minimum absolute atomic E-state index is 0.0177. The van der Waals surface area contributed by atoms with Crippen LogP contribution in [0.2, 0.25) is 0 Å². The van der Waals surface area contributed by atoms with Gasteiger partial charge in [0.25, 0.3) is 5.69 Å². The van der Waals surface area contributed by atoms with Crippen LogP contribution >= 0.6 is 11.8 Å². The van der Waals surface area contributed by atoms with Gasteiger partial charge >= 0.3 is 0 Å². The van der Waals surface area contributed by atoms with Crippen LogP contribution in [-0.4, -0.2) is 10.7 Å². The average molecular weight is 377 g/mol. The molecule has 0 atom stereocenters. The molecule has 5 nitrogen and oxygen atoms in total. The van der Waals surface area contributed by atoms with Crippen molar-refractivity contribution < 1.29 is 14.1 Å². The summed E-state index contributed by atoms with van der Waals surface area (Å²) in [5, 5.41) is 11.3. The van der Waals surface area contributed by atoms with Crippen molar-refractivity contribution in [2.45, 2.75) is 18.7 Å². The van der Waals surface area contributed by atoms with Crippen molar-refractivity contribution in [3.8, 4) is 11.3 Å². The molecule has 1 aromatic heterocycles. The minimum atomic E-state index is -0.386. The van der Waals surface area contributed by atoms with E-state index in [-0.39, 0.29) is 16.4 Å². The van der Waals surface area contributed by atoms with E-state index in [9.17, 15) is 14.9 Å². The summed E-state index contributed by atoms with van der Waals surface area (Å²) in [6, 6.07) is 14.4. The molecular weight excluding hydrogens is 362 g/mol. The molecule has 27 heavy (non-hydrogen) atoms. The van der Waals surface area contributed by atoms with E-state index >= 15 is 0 Å². The number of hydrogen-bond acceptors (Lipinski definition) is 5. The summed E-state index contributed by atoms with van der Waals surface area (Å²) in [5.74, 6) is 1.06. The quantitative estimate of drug-likeness (QED) is 0.327. The Balaban J connectivity index is 1.70. The molecule has 4 rings (SSSR count). The number of fused-ring (bicyclic) bond motifs is 1. The van der Waals surface area contributed by atoms with E-state index in [0.717, 1.165) is 10.5 Å². The van der Waals surface area contributed by atoms with Crippen molar-refractivity contribution >= 4 is 29.3 Å². The van der Waals surface area contributed by atoms with Gasteiger partial charge in [-0.3, -0.25) is 14.9 Å². The SMILES string of the molecule is Cc1cc(-c2ccc(/C=C3/Sc4ccccc4C3=O)o2)c(C)c([N+](=O)[O-])c1. The molecule has 0 saturated carbocycles. The fraction of sp³-hybridized carbons (Fsp3) is 0.0952. The number of allylic oxidation sites excluding steroid dienone is 1. The van der Waals surface area contributed by atoms with Gasteiger partial charge in [0.2, 0.25) is 5.78 Å². The van der Waals surface area contributed by atoms with Crippen LogP contribution in [0.3, 0.4) is 0 Å². The van der Waals surface area contributed by atoms with E-state index < -0.39 is 0 Å². The highest BCUT2D eigenvalue weighted by Crippen LogP contribution is 2.41. The van der Waals surface area contributed by atoms with Gasteiger partial charge in [0.15, 0.2) is 0 Å². The molecule has 3 aromatic rings. The van der Waals surface area contributed by atoms with Crippen molar-refractivity contribution in [3.05, 3.63) is 86.0 Å². The van der Waals surface area contributed by atoms with Crippen molar-refractivity contribution in [2.24, 2.45) is 0 Å². The van der Waals surface area contributed by atoms with Gasteiger partial charge in [-0.15, -0.1) is 0 Å². The molecular formula is C21H15NO4S. The molecule has 0 bridgehead atoms. The first-order valence-electron chi connectivity index (χ1n) is 8.33. The Kier molecular flexibility index (Phi) is 4.20. The van der Waals surface area contributed by atoms with Gasteiger partial charge in [0, 0.05) is 27.7 Å². The molecule has 1 aliphatic heterocycles. The van der Waals surface area contributed by atoms with Gasteiger partial charge in [-0.05, 0) is 55.8 Å². The largest absolute Gasteiger partial charge is 0.457 e. The van der Waals surface area contributed by atoms with Crippen LogP contribution in [0, 0.1) is 24.0 Å². The second-order valence-electron chi connectivity index (χ2n) is 6.35. The van der Waals surface area contributed by atoms with Crippen LogP contribution in [-0.2, 0) is 0 Å². The number of carbonyl (C=O) groups excluding carboxylic acids is 1. The first-order chi connectivity index (χ1) is 12.9. The standard InChI is InChI=1S/C21H15NO4S/c1-12-9-16(13(2)17(10-12)22(24)25)18-8-7-14(26-18)11-20-21(23)15-5-3-4-6-19(15)27-20/h3-11H,1-2H3/b20-11+. The molecule has 2 aromatic carbocycles. The fourth-order valence-corrected chi connectivity index (χ4v) is 4.16. The van der Waals surface area contributed by atoms with Gasteiger partial charge in [-0.1, -0.05) is 23.9 Å². The van der Waals surface area contributed by atoms with E-state index in [0.29, 0.717) is 33.1 Å². The highest BCUT2D eigenvalue weighted by molar-refractivity contribution is 8.04. The summed E-state index contributed by atoms with van der Waals surface area (Å²) < 4.78 is 5.88. The minimum Gasteiger partial charge on any atom is -0.457 e. The molecule has 134 valence electrons. The Labute approximate surface area is 159 Å². The summed E-state index contributed by atoms with van der Waals surface area (Å²) in [7, 11) is 0. The van der Waals surface area contributed by atoms with Gasteiger partial charge in [0.05, 0.1) is 9.83 Å².